The molecular formula is C12H18N4O4. The number of hydrogen-bond donors (Lipinski definition) is 2. The van der Waals surface area contributed by atoms with E-state index in [4.69, 9.17) is 5.11 Å². The summed E-state index contributed by atoms with van der Waals surface area (Å²) in [5.74, 6) is -1.29. The van der Waals surface area contributed by atoms with Gasteiger partial charge >= 0.3 is 18.0 Å². The Morgan fingerprint density at radius 1 is 1.15 bits per heavy atom. The van der Waals surface area contributed by atoms with E-state index in [-0.39, 0.29) is 24.6 Å². The molecule has 3 fully saturated rings. The molecule has 0 aromatic rings. The first-order valence-corrected chi connectivity index (χ1v) is 6.87. The molecule has 0 aromatic heterocycles. The zero-order valence-corrected chi connectivity index (χ0v) is 11.1. The highest BCUT2D eigenvalue weighted by molar-refractivity contribution is 5.80. The Morgan fingerprint density at radius 2 is 1.90 bits per heavy atom. The number of fused-ring (bicyclic) bond motifs is 1. The SMILES string of the molecule is O=C(O)C1CCN(C(=O)N2CCN3C(=O)NCC3C2)C1. The van der Waals surface area contributed by atoms with E-state index < -0.39 is 11.9 Å². The quantitative estimate of drug-likeness (QED) is 0.660. The van der Waals surface area contributed by atoms with Gasteiger partial charge in [0.05, 0.1) is 12.0 Å². The Morgan fingerprint density at radius 3 is 2.60 bits per heavy atom. The summed E-state index contributed by atoms with van der Waals surface area (Å²) in [5.41, 5.74) is 0. The molecule has 2 unspecified atom stereocenters. The third-order valence-corrected chi connectivity index (χ3v) is 4.31. The third kappa shape index (κ3) is 2.14. The number of piperazine rings is 1. The summed E-state index contributed by atoms with van der Waals surface area (Å²) in [7, 11) is 0. The van der Waals surface area contributed by atoms with Crippen molar-refractivity contribution >= 4 is 18.0 Å². The number of nitrogens with one attached hydrogen (secondary N) is 1. The average Bonchev–Trinajstić information content (AvgIpc) is 3.05. The van der Waals surface area contributed by atoms with Crippen LogP contribution in [0.1, 0.15) is 6.42 Å². The molecule has 0 aromatic carbocycles. The fourth-order valence-corrected chi connectivity index (χ4v) is 3.11. The molecule has 8 nitrogen and oxygen atoms in total. The number of carboxylic acid groups (broad SMARTS) is 1. The van der Waals surface area contributed by atoms with Crippen LogP contribution < -0.4 is 5.32 Å². The van der Waals surface area contributed by atoms with Crippen molar-refractivity contribution in [1.82, 2.24) is 20.0 Å². The largest absolute Gasteiger partial charge is 0.481 e. The molecule has 3 aliphatic heterocycles. The van der Waals surface area contributed by atoms with E-state index in [9.17, 15) is 14.4 Å². The minimum absolute atomic E-state index is 0.0399. The summed E-state index contributed by atoms with van der Waals surface area (Å²) in [6.45, 7) is 2.93. The Hall–Kier alpha value is -1.99. The number of urea groups is 2. The van der Waals surface area contributed by atoms with Crippen LogP contribution in [-0.4, -0.2) is 83.1 Å². The Labute approximate surface area is 116 Å². The molecule has 0 bridgehead atoms. The number of carboxylic acids is 1. The zero-order chi connectivity index (χ0) is 14.3. The van der Waals surface area contributed by atoms with Crippen molar-refractivity contribution in [2.24, 2.45) is 5.92 Å². The van der Waals surface area contributed by atoms with E-state index in [0.29, 0.717) is 39.1 Å². The van der Waals surface area contributed by atoms with Gasteiger partial charge in [-0.3, -0.25) is 4.79 Å². The number of likely N-dealkylation sites (tertiary alicyclic amines) is 1. The number of amides is 4. The maximum absolute atomic E-state index is 12.4. The normalized spacial score (nSPS) is 29.4. The molecule has 20 heavy (non-hydrogen) atoms. The minimum Gasteiger partial charge on any atom is -0.481 e. The van der Waals surface area contributed by atoms with Gasteiger partial charge in [0.15, 0.2) is 0 Å². The summed E-state index contributed by atoms with van der Waals surface area (Å²) in [6.07, 6.45) is 0.518. The van der Waals surface area contributed by atoms with Gasteiger partial charge in [-0.05, 0) is 6.42 Å². The van der Waals surface area contributed by atoms with Crippen LogP contribution in [0, 0.1) is 5.92 Å². The predicted octanol–water partition coefficient (Wildman–Crippen LogP) is -0.778. The third-order valence-electron chi connectivity index (χ3n) is 4.31. The molecule has 110 valence electrons. The molecule has 3 heterocycles. The fourth-order valence-electron chi connectivity index (χ4n) is 3.11. The van der Waals surface area contributed by atoms with Crippen LogP contribution in [0.5, 0.6) is 0 Å². The first kappa shape index (κ1) is 13.0. The number of carbonyl (C=O) groups is 3. The number of nitrogens with zero attached hydrogens (tertiary/aromatic N) is 3. The zero-order valence-electron chi connectivity index (χ0n) is 11.1. The number of aliphatic carboxylic acids is 1. The van der Waals surface area contributed by atoms with E-state index in [1.165, 1.54) is 0 Å². The van der Waals surface area contributed by atoms with Gasteiger partial charge in [-0.2, -0.15) is 0 Å². The number of rotatable bonds is 1. The highest BCUT2D eigenvalue weighted by atomic mass is 16.4. The average molecular weight is 282 g/mol. The molecule has 2 atom stereocenters. The smallest absolute Gasteiger partial charge is 0.320 e. The van der Waals surface area contributed by atoms with Crippen LogP contribution in [0.2, 0.25) is 0 Å². The first-order valence-electron chi connectivity index (χ1n) is 6.87. The van der Waals surface area contributed by atoms with E-state index in [1.54, 1.807) is 14.7 Å². The summed E-state index contributed by atoms with van der Waals surface area (Å²) in [6, 6.07) is -0.125. The summed E-state index contributed by atoms with van der Waals surface area (Å²) in [5, 5.41) is 11.7. The second-order valence-corrected chi connectivity index (χ2v) is 5.53. The molecule has 2 N–H and O–H groups in total. The van der Waals surface area contributed by atoms with Crippen molar-refractivity contribution in [2.75, 3.05) is 39.3 Å². The van der Waals surface area contributed by atoms with Crippen molar-refractivity contribution in [1.29, 1.82) is 0 Å². The molecule has 0 saturated carbocycles. The molecular weight excluding hydrogens is 264 g/mol. The maximum Gasteiger partial charge on any atom is 0.320 e. The van der Waals surface area contributed by atoms with Gasteiger partial charge in [0.25, 0.3) is 0 Å². The molecule has 8 heteroatoms. The van der Waals surface area contributed by atoms with Crippen molar-refractivity contribution in [2.45, 2.75) is 12.5 Å². The van der Waals surface area contributed by atoms with Crippen molar-refractivity contribution < 1.29 is 19.5 Å². The van der Waals surface area contributed by atoms with Gasteiger partial charge in [0, 0.05) is 39.3 Å². The summed E-state index contributed by atoms with van der Waals surface area (Å²) in [4.78, 5) is 39.9. The van der Waals surface area contributed by atoms with Gasteiger partial charge in [0.2, 0.25) is 0 Å². The molecule has 3 rings (SSSR count). The standard InChI is InChI=1S/C12H18N4O4/c17-10(18)8-1-2-14(6-8)12(20)15-3-4-16-9(7-15)5-13-11(16)19/h8-9H,1-7H2,(H,13,19)(H,17,18). The van der Waals surface area contributed by atoms with Gasteiger partial charge in [-0.15, -0.1) is 0 Å². The van der Waals surface area contributed by atoms with Crippen LogP contribution >= 0.6 is 0 Å². The number of hydrogen-bond acceptors (Lipinski definition) is 3. The van der Waals surface area contributed by atoms with E-state index in [1.807, 2.05) is 0 Å². The van der Waals surface area contributed by atoms with Gasteiger partial charge in [-0.25, -0.2) is 9.59 Å². The van der Waals surface area contributed by atoms with Crippen LogP contribution in [0.15, 0.2) is 0 Å². The summed E-state index contributed by atoms with van der Waals surface area (Å²) < 4.78 is 0. The second kappa shape index (κ2) is 4.84. The van der Waals surface area contributed by atoms with Crippen LogP contribution in [0.3, 0.4) is 0 Å². The molecule has 0 aliphatic carbocycles. The van der Waals surface area contributed by atoms with E-state index >= 15 is 0 Å². The lowest BCUT2D eigenvalue weighted by Crippen LogP contribution is -2.56. The van der Waals surface area contributed by atoms with Crippen molar-refractivity contribution in [3.8, 4) is 0 Å². The first-order chi connectivity index (χ1) is 9.56. The molecule has 3 aliphatic rings. The Bertz CT molecular complexity index is 455. The van der Waals surface area contributed by atoms with Crippen molar-refractivity contribution in [3.63, 3.8) is 0 Å². The van der Waals surface area contributed by atoms with Gasteiger partial charge in [0.1, 0.15) is 0 Å². The van der Waals surface area contributed by atoms with Crippen LogP contribution in [0.4, 0.5) is 9.59 Å². The number of carbonyl (C=O) groups excluding carboxylic acids is 2. The predicted molar refractivity (Wildman–Crippen MR) is 68.2 cm³/mol. The summed E-state index contributed by atoms with van der Waals surface area (Å²) >= 11 is 0. The lowest BCUT2D eigenvalue weighted by molar-refractivity contribution is -0.141. The fraction of sp³-hybridized carbons (Fsp3) is 0.750. The maximum atomic E-state index is 12.4. The lowest BCUT2D eigenvalue weighted by atomic mass is 10.1. The highest BCUT2D eigenvalue weighted by Crippen LogP contribution is 2.20. The Balaban J connectivity index is 1.59. The topological polar surface area (TPSA) is 93.2 Å². The Kier molecular flexibility index (Phi) is 3.15. The minimum atomic E-state index is -0.837. The van der Waals surface area contributed by atoms with Crippen molar-refractivity contribution in [3.05, 3.63) is 0 Å². The lowest BCUT2D eigenvalue weighted by Gasteiger charge is -2.38. The molecule has 0 spiro atoms. The van der Waals surface area contributed by atoms with Crippen LogP contribution in [-0.2, 0) is 4.79 Å². The second-order valence-electron chi connectivity index (χ2n) is 5.53. The highest BCUT2D eigenvalue weighted by Gasteiger charge is 2.39. The molecule has 3 saturated heterocycles. The van der Waals surface area contributed by atoms with Gasteiger partial charge in [-0.1, -0.05) is 0 Å². The molecule has 4 amide bonds. The van der Waals surface area contributed by atoms with E-state index in [0.717, 1.165) is 0 Å². The van der Waals surface area contributed by atoms with Crippen LogP contribution in [0.25, 0.3) is 0 Å². The monoisotopic (exact) mass is 282 g/mol. The van der Waals surface area contributed by atoms with E-state index in [2.05, 4.69) is 5.32 Å². The van der Waals surface area contributed by atoms with Gasteiger partial charge < -0.3 is 25.1 Å². The molecule has 0 radical (unpaired) electrons.